The molecule has 0 radical (unpaired) electrons. The summed E-state index contributed by atoms with van der Waals surface area (Å²) in [4.78, 5) is 15.6. The number of carbonyl (C=O) groups is 1. The van der Waals surface area contributed by atoms with Crippen LogP contribution in [0.1, 0.15) is 24.0 Å². The molecular formula is C28H33N3O5S. The van der Waals surface area contributed by atoms with Crippen molar-refractivity contribution in [2.45, 2.75) is 30.8 Å². The second-order valence-electron chi connectivity index (χ2n) is 8.89. The van der Waals surface area contributed by atoms with E-state index in [1.54, 1.807) is 36.4 Å². The summed E-state index contributed by atoms with van der Waals surface area (Å²) in [5.74, 6) is 0.414. The van der Waals surface area contributed by atoms with Crippen LogP contribution in [0.15, 0.2) is 77.7 Å². The molecule has 4 rings (SSSR count). The Morgan fingerprint density at radius 3 is 2.22 bits per heavy atom. The van der Waals surface area contributed by atoms with Crippen LogP contribution < -0.4 is 19.1 Å². The van der Waals surface area contributed by atoms with E-state index in [4.69, 9.17) is 9.47 Å². The maximum absolute atomic E-state index is 13.6. The minimum absolute atomic E-state index is 0.0912. The van der Waals surface area contributed by atoms with Crippen molar-refractivity contribution >= 4 is 21.6 Å². The number of ether oxygens (including phenoxy) is 2. The zero-order valence-electron chi connectivity index (χ0n) is 21.2. The van der Waals surface area contributed by atoms with Crippen molar-refractivity contribution in [1.82, 2.24) is 10.2 Å². The van der Waals surface area contributed by atoms with Crippen LogP contribution in [0.3, 0.4) is 0 Å². The number of methoxy groups -OCH3 is 2. The fourth-order valence-electron chi connectivity index (χ4n) is 4.46. The molecule has 1 heterocycles. The molecule has 1 N–H and O–H groups in total. The third-order valence-corrected chi connectivity index (χ3v) is 8.25. The molecule has 0 aliphatic carbocycles. The van der Waals surface area contributed by atoms with Gasteiger partial charge < -0.3 is 14.8 Å². The number of hydrogen-bond donors (Lipinski definition) is 1. The number of hydrogen-bond acceptors (Lipinski definition) is 6. The van der Waals surface area contributed by atoms with Crippen molar-refractivity contribution in [2.75, 3.05) is 38.2 Å². The van der Waals surface area contributed by atoms with E-state index in [0.29, 0.717) is 23.7 Å². The molecule has 8 nitrogen and oxygen atoms in total. The van der Waals surface area contributed by atoms with Crippen LogP contribution in [-0.2, 0) is 27.9 Å². The molecule has 3 aromatic carbocycles. The molecule has 0 saturated carbocycles. The predicted molar refractivity (Wildman–Crippen MR) is 143 cm³/mol. The van der Waals surface area contributed by atoms with E-state index >= 15 is 0 Å². The van der Waals surface area contributed by atoms with Crippen molar-refractivity contribution in [3.05, 3.63) is 83.9 Å². The summed E-state index contributed by atoms with van der Waals surface area (Å²) in [6.07, 6.45) is 2.42. The number of anilines is 1. The van der Waals surface area contributed by atoms with Gasteiger partial charge in [0.2, 0.25) is 5.91 Å². The van der Waals surface area contributed by atoms with Gasteiger partial charge in [-0.1, -0.05) is 42.5 Å². The summed E-state index contributed by atoms with van der Waals surface area (Å²) in [5.41, 5.74) is 2.48. The lowest BCUT2D eigenvalue weighted by atomic mass is 10.1. The highest BCUT2D eigenvalue weighted by Crippen LogP contribution is 2.33. The number of nitrogens with one attached hydrogen (secondary N) is 1. The summed E-state index contributed by atoms with van der Waals surface area (Å²) in [5, 5.41) is 2.92. The van der Waals surface area contributed by atoms with Gasteiger partial charge in [-0.3, -0.25) is 14.0 Å². The molecule has 0 atom stereocenters. The number of amides is 1. The number of benzene rings is 3. The van der Waals surface area contributed by atoms with Crippen LogP contribution in [0, 0.1) is 0 Å². The highest BCUT2D eigenvalue weighted by molar-refractivity contribution is 7.92. The lowest BCUT2D eigenvalue weighted by Gasteiger charge is -2.25. The first-order valence-corrected chi connectivity index (χ1v) is 13.7. The quantitative estimate of drug-likeness (QED) is 0.411. The van der Waals surface area contributed by atoms with Gasteiger partial charge in [-0.05, 0) is 61.3 Å². The second-order valence-corrected chi connectivity index (χ2v) is 10.8. The Hall–Kier alpha value is -3.56. The number of rotatable bonds is 11. The molecule has 0 spiro atoms. The van der Waals surface area contributed by atoms with E-state index in [2.05, 4.69) is 16.3 Å². The molecule has 0 bridgehead atoms. The van der Waals surface area contributed by atoms with E-state index in [-0.39, 0.29) is 11.4 Å². The Morgan fingerprint density at radius 1 is 0.892 bits per heavy atom. The Labute approximate surface area is 218 Å². The van der Waals surface area contributed by atoms with Crippen molar-refractivity contribution in [3.63, 3.8) is 0 Å². The molecule has 0 aromatic heterocycles. The standard InChI is InChI=1S/C28H33N3O5S/c1-35-26-15-14-24(18-27(26)36-2)31(37(33,34)25-12-4-3-5-13-25)21-28(32)29-19-22-10-6-7-11-23(22)20-30-16-8-9-17-30/h3-7,10-15,18H,8-9,16-17,19-21H2,1-2H3,(H,29,32). The number of carbonyl (C=O) groups excluding carboxylic acids is 1. The molecule has 1 fully saturated rings. The fourth-order valence-corrected chi connectivity index (χ4v) is 5.89. The van der Waals surface area contributed by atoms with Gasteiger partial charge in [0.15, 0.2) is 11.5 Å². The first-order valence-electron chi connectivity index (χ1n) is 12.3. The van der Waals surface area contributed by atoms with Crippen LogP contribution in [0.25, 0.3) is 0 Å². The average Bonchev–Trinajstić information content (AvgIpc) is 3.44. The highest BCUT2D eigenvalue weighted by Gasteiger charge is 2.28. The molecule has 1 amide bonds. The van der Waals surface area contributed by atoms with Gasteiger partial charge in [0.25, 0.3) is 10.0 Å². The van der Waals surface area contributed by atoms with Gasteiger partial charge in [0.05, 0.1) is 24.8 Å². The largest absolute Gasteiger partial charge is 0.493 e. The van der Waals surface area contributed by atoms with Gasteiger partial charge in [0.1, 0.15) is 6.54 Å². The summed E-state index contributed by atoms with van der Waals surface area (Å²) in [6.45, 7) is 2.93. The normalized spacial score (nSPS) is 13.8. The van der Waals surface area contributed by atoms with Crippen LogP contribution >= 0.6 is 0 Å². The zero-order valence-corrected chi connectivity index (χ0v) is 22.0. The summed E-state index contributed by atoms with van der Waals surface area (Å²) >= 11 is 0. The first-order chi connectivity index (χ1) is 17.9. The van der Waals surface area contributed by atoms with E-state index in [1.165, 1.54) is 44.8 Å². The van der Waals surface area contributed by atoms with Crippen molar-refractivity contribution in [3.8, 4) is 11.5 Å². The topological polar surface area (TPSA) is 88.2 Å². The van der Waals surface area contributed by atoms with Gasteiger partial charge in [-0.15, -0.1) is 0 Å². The van der Waals surface area contributed by atoms with Crippen LogP contribution in [0.2, 0.25) is 0 Å². The van der Waals surface area contributed by atoms with Crippen molar-refractivity contribution in [1.29, 1.82) is 0 Å². The number of sulfonamides is 1. The molecule has 9 heteroatoms. The first kappa shape index (κ1) is 26.5. The fraction of sp³-hybridized carbons (Fsp3) is 0.321. The molecule has 1 aliphatic rings. The predicted octanol–water partition coefficient (Wildman–Crippen LogP) is 3.81. The third kappa shape index (κ3) is 6.42. The molecule has 37 heavy (non-hydrogen) atoms. The second kappa shape index (κ2) is 12.1. The smallest absolute Gasteiger partial charge is 0.264 e. The van der Waals surface area contributed by atoms with E-state index in [1.807, 2.05) is 18.2 Å². The Morgan fingerprint density at radius 2 is 1.54 bits per heavy atom. The van der Waals surface area contributed by atoms with Crippen LogP contribution in [-0.4, -0.2) is 53.1 Å². The van der Waals surface area contributed by atoms with E-state index in [9.17, 15) is 13.2 Å². The van der Waals surface area contributed by atoms with Gasteiger partial charge >= 0.3 is 0 Å². The monoisotopic (exact) mass is 523 g/mol. The van der Waals surface area contributed by atoms with E-state index in [0.717, 1.165) is 29.5 Å². The summed E-state index contributed by atoms with van der Waals surface area (Å²) in [7, 11) is -1.05. The number of likely N-dealkylation sites (tertiary alicyclic amines) is 1. The molecule has 1 saturated heterocycles. The molecule has 3 aromatic rings. The maximum atomic E-state index is 13.6. The highest BCUT2D eigenvalue weighted by atomic mass is 32.2. The van der Waals surface area contributed by atoms with Crippen molar-refractivity contribution < 1.29 is 22.7 Å². The maximum Gasteiger partial charge on any atom is 0.264 e. The van der Waals surface area contributed by atoms with Crippen LogP contribution in [0.4, 0.5) is 5.69 Å². The molecule has 0 unspecified atom stereocenters. The van der Waals surface area contributed by atoms with Crippen LogP contribution in [0.5, 0.6) is 11.5 Å². The minimum atomic E-state index is -4.03. The van der Waals surface area contributed by atoms with E-state index < -0.39 is 15.9 Å². The Kier molecular flexibility index (Phi) is 8.68. The third-order valence-electron chi connectivity index (χ3n) is 6.46. The van der Waals surface area contributed by atoms with Gasteiger partial charge in [-0.2, -0.15) is 0 Å². The van der Waals surface area contributed by atoms with Gasteiger partial charge in [0, 0.05) is 19.2 Å². The summed E-state index contributed by atoms with van der Waals surface area (Å²) in [6, 6.07) is 20.9. The zero-order chi connectivity index (χ0) is 26.3. The molecule has 1 aliphatic heterocycles. The van der Waals surface area contributed by atoms with Crippen molar-refractivity contribution in [2.24, 2.45) is 0 Å². The molecule has 196 valence electrons. The number of nitrogens with zero attached hydrogens (tertiary/aromatic N) is 2. The minimum Gasteiger partial charge on any atom is -0.493 e. The summed E-state index contributed by atoms with van der Waals surface area (Å²) < 4.78 is 39.0. The average molecular weight is 524 g/mol. The Bertz CT molecular complexity index is 1310. The lowest BCUT2D eigenvalue weighted by molar-refractivity contribution is -0.119. The lowest BCUT2D eigenvalue weighted by Crippen LogP contribution is -2.40. The molecular weight excluding hydrogens is 490 g/mol. The van der Waals surface area contributed by atoms with Gasteiger partial charge in [-0.25, -0.2) is 8.42 Å². The SMILES string of the molecule is COc1ccc(N(CC(=O)NCc2ccccc2CN2CCCC2)S(=O)(=O)c2ccccc2)cc1OC. The Balaban J connectivity index is 1.56.